The smallest absolute Gasteiger partial charge is 0.311 e. The van der Waals surface area contributed by atoms with Crippen molar-refractivity contribution < 1.29 is 14.4 Å². The highest BCUT2D eigenvalue weighted by molar-refractivity contribution is 5.97. The summed E-state index contributed by atoms with van der Waals surface area (Å²) in [4.78, 5) is 18.2. The Labute approximate surface area is 174 Å². The second kappa shape index (κ2) is 7.73. The average molecular weight is 408 g/mol. The van der Waals surface area contributed by atoms with Crippen molar-refractivity contribution in [1.82, 2.24) is 4.98 Å². The Morgan fingerprint density at radius 1 is 1.27 bits per heavy atom. The minimum atomic E-state index is -0.416. The zero-order chi connectivity index (χ0) is 20.7. The van der Waals surface area contributed by atoms with Gasteiger partial charge in [-0.2, -0.15) is 5.26 Å². The third-order valence-corrected chi connectivity index (χ3v) is 6.72. The van der Waals surface area contributed by atoms with Gasteiger partial charge in [-0.25, -0.2) is 0 Å². The molecule has 0 spiro atoms. The first-order valence-electron chi connectivity index (χ1n) is 10.7. The molecule has 1 aromatic heterocycles. The second-order valence-corrected chi connectivity index (χ2v) is 8.42. The first-order valence-corrected chi connectivity index (χ1v) is 10.7. The molecule has 0 N–H and O–H groups in total. The van der Waals surface area contributed by atoms with E-state index < -0.39 is 4.92 Å². The molecule has 1 aliphatic carbocycles. The molecule has 3 aliphatic rings. The molecule has 30 heavy (non-hydrogen) atoms. The zero-order valence-electron chi connectivity index (χ0n) is 16.7. The van der Waals surface area contributed by atoms with Gasteiger partial charge in [0.15, 0.2) is 5.75 Å². The highest BCUT2D eigenvalue weighted by atomic mass is 16.6. The fourth-order valence-corrected chi connectivity index (χ4v) is 5.29. The van der Waals surface area contributed by atoms with Gasteiger partial charge in [-0.1, -0.05) is 12.8 Å². The molecule has 2 aliphatic heterocycles. The largest absolute Gasteiger partial charge is 0.481 e. The molecular formula is C22H24N4O4. The lowest BCUT2D eigenvalue weighted by molar-refractivity contribution is -0.385. The fourth-order valence-electron chi connectivity index (χ4n) is 5.29. The lowest BCUT2D eigenvalue weighted by Crippen LogP contribution is -2.35. The van der Waals surface area contributed by atoms with E-state index in [2.05, 4.69) is 16.0 Å². The molecule has 156 valence electrons. The maximum absolute atomic E-state index is 11.8. The summed E-state index contributed by atoms with van der Waals surface area (Å²) in [6.45, 7) is 1.89. The molecule has 8 heteroatoms. The summed E-state index contributed by atoms with van der Waals surface area (Å²) in [5.41, 5.74) is 1.78. The first-order chi connectivity index (χ1) is 14.7. The molecule has 2 saturated heterocycles. The first kappa shape index (κ1) is 19.1. The molecule has 1 aromatic carbocycles. The second-order valence-electron chi connectivity index (χ2n) is 8.42. The van der Waals surface area contributed by atoms with Crippen LogP contribution in [0.4, 0.5) is 11.4 Å². The van der Waals surface area contributed by atoms with Gasteiger partial charge in [-0.05, 0) is 25.2 Å². The van der Waals surface area contributed by atoms with Crippen molar-refractivity contribution in [3.05, 3.63) is 34.0 Å². The van der Waals surface area contributed by atoms with Gasteiger partial charge >= 0.3 is 5.69 Å². The summed E-state index contributed by atoms with van der Waals surface area (Å²) in [7, 11) is 0. The number of hydrogen-bond acceptors (Lipinski definition) is 7. The minimum absolute atomic E-state index is 0.0908. The van der Waals surface area contributed by atoms with Crippen molar-refractivity contribution in [2.24, 2.45) is 5.92 Å². The Hall–Kier alpha value is -2.92. The number of nitro benzene ring substituents is 1. The maximum Gasteiger partial charge on any atom is 0.311 e. The highest BCUT2D eigenvalue weighted by Gasteiger charge is 2.38. The van der Waals surface area contributed by atoms with E-state index in [-0.39, 0.29) is 17.5 Å². The maximum atomic E-state index is 11.8. The SMILES string of the molecule is N#Cc1cnc2cc(OC3CCOC3)c([N+](=O)[O-])cc2c1N1CCC2CCCCC21. The summed E-state index contributed by atoms with van der Waals surface area (Å²) in [5.74, 6) is 0.844. The topological polar surface area (TPSA) is 102 Å². The van der Waals surface area contributed by atoms with E-state index in [9.17, 15) is 15.4 Å². The Morgan fingerprint density at radius 3 is 2.90 bits per heavy atom. The molecule has 1 saturated carbocycles. The molecule has 0 radical (unpaired) electrons. The third kappa shape index (κ3) is 3.23. The van der Waals surface area contributed by atoms with E-state index in [1.165, 1.54) is 19.3 Å². The number of aromatic nitrogens is 1. The van der Waals surface area contributed by atoms with Crippen LogP contribution in [-0.4, -0.2) is 41.8 Å². The molecular weight excluding hydrogens is 384 g/mol. The predicted octanol–water partition coefficient (Wildman–Crippen LogP) is 3.95. The third-order valence-electron chi connectivity index (χ3n) is 6.72. The van der Waals surface area contributed by atoms with Crippen LogP contribution in [0.1, 0.15) is 44.1 Å². The van der Waals surface area contributed by atoms with E-state index >= 15 is 0 Å². The van der Waals surface area contributed by atoms with Crippen molar-refractivity contribution >= 4 is 22.3 Å². The highest BCUT2D eigenvalue weighted by Crippen LogP contribution is 2.44. The Balaban J connectivity index is 1.63. The van der Waals surface area contributed by atoms with Gasteiger partial charge in [-0.15, -0.1) is 0 Å². The number of rotatable bonds is 4. The van der Waals surface area contributed by atoms with Gasteiger partial charge in [0, 0.05) is 42.7 Å². The number of anilines is 1. The Kier molecular flexibility index (Phi) is 4.91. The van der Waals surface area contributed by atoms with Crippen molar-refractivity contribution in [1.29, 1.82) is 5.26 Å². The summed E-state index contributed by atoms with van der Waals surface area (Å²) in [6.07, 6.45) is 7.96. The van der Waals surface area contributed by atoms with E-state index in [0.29, 0.717) is 48.1 Å². The predicted molar refractivity (Wildman–Crippen MR) is 111 cm³/mol. The van der Waals surface area contributed by atoms with E-state index in [4.69, 9.17) is 9.47 Å². The van der Waals surface area contributed by atoms with Crippen LogP contribution in [0.2, 0.25) is 0 Å². The summed E-state index contributed by atoms with van der Waals surface area (Å²) >= 11 is 0. The van der Waals surface area contributed by atoms with Crippen LogP contribution >= 0.6 is 0 Å². The molecule has 3 unspecified atom stereocenters. The van der Waals surface area contributed by atoms with Crippen molar-refractivity contribution in [3.63, 3.8) is 0 Å². The molecule has 0 amide bonds. The summed E-state index contributed by atoms with van der Waals surface area (Å²) in [6, 6.07) is 5.84. The summed E-state index contributed by atoms with van der Waals surface area (Å²) in [5, 5.41) is 22.3. The van der Waals surface area contributed by atoms with E-state index in [1.807, 2.05) is 0 Å². The molecule has 3 atom stereocenters. The number of pyridine rings is 1. The van der Waals surface area contributed by atoms with Crippen LogP contribution < -0.4 is 9.64 Å². The number of hydrogen-bond donors (Lipinski definition) is 0. The van der Waals surface area contributed by atoms with Gasteiger partial charge in [0.1, 0.15) is 12.2 Å². The van der Waals surface area contributed by atoms with Gasteiger partial charge in [0.2, 0.25) is 0 Å². The van der Waals surface area contributed by atoms with Gasteiger partial charge in [0.05, 0.1) is 34.9 Å². The normalized spacial score (nSPS) is 25.8. The quantitative estimate of drug-likeness (QED) is 0.557. The summed E-state index contributed by atoms with van der Waals surface area (Å²) < 4.78 is 11.2. The zero-order valence-corrected chi connectivity index (χ0v) is 16.7. The van der Waals surface area contributed by atoms with Crippen LogP contribution in [0.15, 0.2) is 18.3 Å². The number of fused-ring (bicyclic) bond motifs is 2. The van der Waals surface area contributed by atoms with Crippen LogP contribution in [0.3, 0.4) is 0 Å². The molecule has 3 heterocycles. The number of nitriles is 1. The van der Waals surface area contributed by atoms with E-state index in [0.717, 1.165) is 25.1 Å². The van der Waals surface area contributed by atoms with Crippen LogP contribution in [0.25, 0.3) is 10.9 Å². The number of benzene rings is 1. The number of nitro groups is 1. The molecule has 0 bridgehead atoms. The fraction of sp³-hybridized carbons (Fsp3) is 0.545. The van der Waals surface area contributed by atoms with E-state index in [1.54, 1.807) is 18.3 Å². The van der Waals surface area contributed by atoms with Crippen LogP contribution in [0, 0.1) is 27.4 Å². The lowest BCUT2D eigenvalue weighted by Gasteiger charge is -2.34. The molecule has 8 nitrogen and oxygen atoms in total. The van der Waals surface area contributed by atoms with Crippen LogP contribution in [0.5, 0.6) is 5.75 Å². The number of nitrogens with zero attached hydrogens (tertiary/aromatic N) is 4. The molecule has 3 fully saturated rings. The monoisotopic (exact) mass is 408 g/mol. The van der Waals surface area contributed by atoms with Gasteiger partial charge < -0.3 is 14.4 Å². The standard InChI is InChI=1S/C22H24N4O4/c23-11-15-12-24-18-10-21(30-16-6-8-29-13-16)20(26(27)28)9-17(18)22(15)25-7-5-14-3-1-2-4-19(14)25/h9-10,12,14,16,19H,1-8,13H2. The van der Waals surface area contributed by atoms with Gasteiger partial charge in [-0.3, -0.25) is 15.1 Å². The van der Waals surface area contributed by atoms with Gasteiger partial charge in [0.25, 0.3) is 0 Å². The Morgan fingerprint density at radius 2 is 2.13 bits per heavy atom. The van der Waals surface area contributed by atoms with Crippen molar-refractivity contribution in [2.45, 2.75) is 50.7 Å². The van der Waals surface area contributed by atoms with Crippen molar-refractivity contribution in [2.75, 3.05) is 24.7 Å². The lowest BCUT2D eigenvalue weighted by atomic mass is 9.85. The Bertz CT molecular complexity index is 1030. The number of ether oxygens (including phenoxy) is 2. The van der Waals surface area contributed by atoms with Crippen molar-refractivity contribution in [3.8, 4) is 11.8 Å². The average Bonchev–Trinajstić information content (AvgIpc) is 3.42. The minimum Gasteiger partial charge on any atom is -0.481 e. The molecule has 5 rings (SSSR count). The molecule has 2 aromatic rings. The van der Waals surface area contributed by atoms with Crippen LogP contribution in [-0.2, 0) is 4.74 Å².